The maximum absolute atomic E-state index is 5.33. The van der Waals surface area contributed by atoms with E-state index in [2.05, 4.69) is 76.0 Å². The summed E-state index contributed by atoms with van der Waals surface area (Å²) >= 11 is 0. The molecule has 5 rings (SSSR count). The van der Waals surface area contributed by atoms with Crippen LogP contribution in [0.2, 0.25) is 0 Å². The van der Waals surface area contributed by atoms with Crippen molar-refractivity contribution in [2.24, 2.45) is 18.9 Å². The van der Waals surface area contributed by atoms with Gasteiger partial charge in [-0.15, -0.1) is 24.8 Å². The number of methoxy groups -OCH3 is 1. The van der Waals surface area contributed by atoms with Crippen LogP contribution < -0.4 is 9.64 Å². The zero-order chi connectivity index (χ0) is 18.5. The first-order chi connectivity index (χ1) is 13.2. The molecule has 0 radical (unpaired) electrons. The lowest BCUT2D eigenvalue weighted by molar-refractivity contribution is 0.279. The molecule has 2 saturated heterocycles. The lowest BCUT2D eigenvalue weighted by Gasteiger charge is -2.28. The highest BCUT2D eigenvalue weighted by molar-refractivity contribution is 5.90. The van der Waals surface area contributed by atoms with Gasteiger partial charge in [0, 0.05) is 62.1 Å². The molecule has 5 nitrogen and oxygen atoms in total. The minimum atomic E-state index is 0. The lowest BCUT2D eigenvalue weighted by atomic mass is 9.89. The second kappa shape index (κ2) is 8.42. The van der Waals surface area contributed by atoms with Crippen LogP contribution in [0.3, 0.4) is 0 Å². The highest BCUT2D eigenvalue weighted by Crippen LogP contribution is 2.46. The zero-order valence-electron chi connectivity index (χ0n) is 17.0. The molecule has 2 aliphatic rings. The molecular formula is C22H28Cl2N4O. The summed E-state index contributed by atoms with van der Waals surface area (Å²) in [4.78, 5) is 9.65. The second-order valence-electron chi connectivity index (χ2n) is 7.98. The molecule has 156 valence electrons. The highest BCUT2D eigenvalue weighted by atomic mass is 35.5. The van der Waals surface area contributed by atoms with Crippen LogP contribution in [-0.4, -0.2) is 48.2 Å². The van der Waals surface area contributed by atoms with Gasteiger partial charge in [-0.2, -0.15) is 0 Å². The zero-order valence-corrected chi connectivity index (χ0v) is 18.6. The Morgan fingerprint density at radius 3 is 2.45 bits per heavy atom. The van der Waals surface area contributed by atoms with Crippen LogP contribution in [0.25, 0.3) is 11.0 Å². The van der Waals surface area contributed by atoms with Crippen LogP contribution in [0.15, 0.2) is 48.8 Å². The van der Waals surface area contributed by atoms with Gasteiger partial charge in [-0.05, 0) is 42.8 Å². The number of anilines is 1. The number of benzene rings is 1. The van der Waals surface area contributed by atoms with Crippen LogP contribution in [0.4, 0.5) is 5.69 Å². The number of hydrogen-bond donors (Lipinski definition) is 0. The van der Waals surface area contributed by atoms with E-state index in [-0.39, 0.29) is 24.8 Å². The Hall–Kier alpha value is -1.95. The van der Waals surface area contributed by atoms with E-state index in [1.165, 1.54) is 16.6 Å². The number of nitrogens with zero attached hydrogens (tertiary/aromatic N) is 4. The van der Waals surface area contributed by atoms with Gasteiger partial charge in [-0.3, -0.25) is 4.90 Å². The van der Waals surface area contributed by atoms with Crippen molar-refractivity contribution >= 4 is 41.5 Å². The van der Waals surface area contributed by atoms with Gasteiger partial charge in [0.15, 0.2) is 0 Å². The van der Waals surface area contributed by atoms with Crippen molar-refractivity contribution < 1.29 is 4.74 Å². The Kier molecular flexibility index (Phi) is 6.32. The molecule has 29 heavy (non-hydrogen) atoms. The summed E-state index contributed by atoms with van der Waals surface area (Å²) < 4.78 is 7.43. The summed E-state index contributed by atoms with van der Waals surface area (Å²) in [5.41, 5.74) is 3.78. The average Bonchev–Trinajstić information content (AvgIpc) is 3.34. The van der Waals surface area contributed by atoms with Crippen LogP contribution in [0.5, 0.6) is 5.75 Å². The summed E-state index contributed by atoms with van der Waals surface area (Å²) in [5, 5.41) is 1.26. The molecule has 0 unspecified atom stereocenters. The number of rotatable bonds is 3. The van der Waals surface area contributed by atoms with Gasteiger partial charge in [0.1, 0.15) is 11.4 Å². The van der Waals surface area contributed by atoms with Gasteiger partial charge in [-0.25, -0.2) is 4.98 Å². The van der Waals surface area contributed by atoms with Crippen LogP contribution >= 0.6 is 24.8 Å². The summed E-state index contributed by atoms with van der Waals surface area (Å²) in [5.74, 6) is 2.27. The molecule has 0 amide bonds. The SMILES string of the molecule is COc1ccc([C@H]2[C@@H]3CN(c4ccnc5c4ccn5C)C[C@@H]3CN2C)cc1.Cl.Cl. The maximum Gasteiger partial charge on any atom is 0.141 e. The Balaban J connectivity index is 0.00000120. The molecule has 0 aliphatic carbocycles. The van der Waals surface area contributed by atoms with Gasteiger partial charge in [-0.1, -0.05) is 12.1 Å². The Morgan fingerprint density at radius 2 is 1.72 bits per heavy atom. The molecule has 1 aromatic carbocycles. The van der Waals surface area contributed by atoms with Crippen molar-refractivity contribution in [1.82, 2.24) is 14.5 Å². The number of halogens is 2. The molecule has 2 fully saturated rings. The van der Waals surface area contributed by atoms with E-state index in [4.69, 9.17) is 4.74 Å². The fourth-order valence-corrected chi connectivity index (χ4v) is 5.18. The molecule has 2 aliphatic heterocycles. The van der Waals surface area contributed by atoms with Crippen molar-refractivity contribution in [3.63, 3.8) is 0 Å². The van der Waals surface area contributed by atoms with Crippen molar-refractivity contribution in [2.75, 3.05) is 38.7 Å². The largest absolute Gasteiger partial charge is 0.497 e. The van der Waals surface area contributed by atoms with Gasteiger partial charge in [0.2, 0.25) is 0 Å². The Morgan fingerprint density at radius 1 is 0.966 bits per heavy atom. The molecule has 0 N–H and O–H groups in total. The van der Waals surface area contributed by atoms with Gasteiger partial charge >= 0.3 is 0 Å². The fourth-order valence-electron chi connectivity index (χ4n) is 5.18. The molecule has 4 heterocycles. The van der Waals surface area contributed by atoms with E-state index in [9.17, 15) is 0 Å². The van der Waals surface area contributed by atoms with Crippen LogP contribution in [0, 0.1) is 11.8 Å². The molecule has 0 spiro atoms. The van der Waals surface area contributed by atoms with E-state index in [0.29, 0.717) is 17.9 Å². The third kappa shape index (κ3) is 3.56. The molecule has 2 aromatic heterocycles. The van der Waals surface area contributed by atoms with E-state index in [0.717, 1.165) is 31.0 Å². The summed E-state index contributed by atoms with van der Waals surface area (Å²) in [7, 11) is 6.05. The number of fused-ring (bicyclic) bond motifs is 2. The van der Waals surface area contributed by atoms with E-state index in [1.54, 1.807) is 7.11 Å². The second-order valence-corrected chi connectivity index (χ2v) is 7.98. The maximum atomic E-state index is 5.33. The summed E-state index contributed by atoms with van der Waals surface area (Å²) in [6, 6.07) is 13.5. The highest BCUT2D eigenvalue weighted by Gasteiger charge is 2.46. The minimum Gasteiger partial charge on any atom is -0.497 e. The predicted octanol–water partition coefficient (Wildman–Crippen LogP) is 4.16. The van der Waals surface area contributed by atoms with Crippen LogP contribution in [-0.2, 0) is 7.05 Å². The first-order valence-electron chi connectivity index (χ1n) is 9.65. The van der Waals surface area contributed by atoms with E-state index < -0.39 is 0 Å². The molecule has 3 atom stereocenters. The smallest absolute Gasteiger partial charge is 0.141 e. The average molecular weight is 435 g/mol. The number of likely N-dealkylation sites (tertiary alicyclic amines) is 1. The normalized spacial score (nSPS) is 23.6. The van der Waals surface area contributed by atoms with Crippen molar-refractivity contribution in [2.45, 2.75) is 6.04 Å². The molecule has 3 aromatic rings. The summed E-state index contributed by atoms with van der Waals surface area (Å²) in [6.07, 6.45) is 4.05. The third-order valence-corrected chi connectivity index (χ3v) is 6.44. The van der Waals surface area contributed by atoms with Gasteiger partial charge in [0.25, 0.3) is 0 Å². The van der Waals surface area contributed by atoms with Gasteiger partial charge in [0.05, 0.1) is 7.11 Å². The van der Waals surface area contributed by atoms with Crippen LogP contribution in [0.1, 0.15) is 11.6 Å². The van der Waals surface area contributed by atoms with Crippen molar-refractivity contribution in [1.29, 1.82) is 0 Å². The first-order valence-corrected chi connectivity index (χ1v) is 9.65. The quantitative estimate of drug-likeness (QED) is 0.619. The number of aryl methyl sites for hydroxylation is 1. The molecular weight excluding hydrogens is 407 g/mol. The molecule has 0 saturated carbocycles. The van der Waals surface area contributed by atoms with Gasteiger partial charge < -0.3 is 14.2 Å². The number of pyridine rings is 1. The lowest BCUT2D eigenvalue weighted by Crippen LogP contribution is -2.29. The predicted molar refractivity (Wildman–Crippen MR) is 123 cm³/mol. The topological polar surface area (TPSA) is 33.5 Å². The fraction of sp³-hybridized carbons (Fsp3) is 0.409. The van der Waals surface area contributed by atoms with E-state index >= 15 is 0 Å². The monoisotopic (exact) mass is 434 g/mol. The number of aromatic nitrogens is 2. The van der Waals surface area contributed by atoms with Crippen molar-refractivity contribution in [3.05, 3.63) is 54.4 Å². The first kappa shape index (κ1) is 21.8. The molecule has 7 heteroatoms. The number of ether oxygens (including phenoxy) is 1. The van der Waals surface area contributed by atoms with Crippen molar-refractivity contribution in [3.8, 4) is 5.75 Å². The third-order valence-electron chi connectivity index (χ3n) is 6.44. The number of hydrogen-bond acceptors (Lipinski definition) is 4. The Labute approximate surface area is 184 Å². The Bertz CT molecular complexity index is 975. The van der Waals surface area contributed by atoms with E-state index in [1.807, 2.05) is 6.20 Å². The molecule has 0 bridgehead atoms. The minimum absolute atomic E-state index is 0. The summed E-state index contributed by atoms with van der Waals surface area (Å²) in [6.45, 7) is 3.37. The standard InChI is InChI=1S/C22H26N4O.2ClH/c1-24-11-9-18-20(8-10-23-22(18)24)26-13-16-12-25(2)21(19(16)14-26)15-4-6-17(27-3)7-5-15;;/h4-11,16,19,21H,12-14H2,1-3H3;2*1H/t16-,19+,21-;;/m0../s1.